The number of benzene rings is 1. The van der Waals surface area contributed by atoms with Gasteiger partial charge in [-0.3, -0.25) is 4.98 Å². The maximum absolute atomic E-state index is 4.27. The lowest BCUT2D eigenvalue weighted by atomic mass is 10.2. The molecular formula is C12H13ClN2O. The largest absolute Gasteiger partial charge is 0.412 e. The van der Waals surface area contributed by atoms with Crippen molar-refractivity contribution in [1.82, 2.24) is 9.97 Å². The molecule has 0 fully saturated rings. The van der Waals surface area contributed by atoms with E-state index in [0.717, 1.165) is 11.2 Å². The van der Waals surface area contributed by atoms with Crippen LogP contribution < -0.4 is 0 Å². The third kappa shape index (κ3) is 1.64. The van der Waals surface area contributed by atoms with Crippen molar-refractivity contribution in [2.24, 2.45) is 0 Å². The molecule has 3 rings (SSSR count). The normalized spacial score (nSPS) is 9.81. The zero-order valence-corrected chi connectivity index (χ0v) is 9.64. The summed E-state index contributed by atoms with van der Waals surface area (Å²) in [4.78, 5) is 7.66. The second kappa shape index (κ2) is 4.51. The fraction of sp³-hybridized carbons (Fsp3) is 0.0833. The molecule has 0 aliphatic rings. The van der Waals surface area contributed by atoms with E-state index in [1.807, 2.05) is 19.2 Å². The molecule has 2 aromatic heterocycles. The molecule has 3 aromatic rings. The molecule has 2 heterocycles. The molecule has 4 heteroatoms. The van der Waals surface area contributed by atoms with Gasteiger partial charge in [-0.2, -0.15) is 0 Å². The first-order valence-corrected chi connectivity index (χ1v) is 4.68. The molecule has 0 atom stereocenters. The van der Waals surface area contributed by atoms with E-state index in [4.69, 9.17) is 0 Å². The summed E-state index contributed by atoms with van der Waals surface area (Å²) in [5, 5.41) is 2.53. The number of H-pyrrole nitrogens is 1. The Morgan fingerprint density at radius 3 is 2.62 bits per heavy atom. The standard InChI is InChI=1S/C12H10N2.ClH.H2O/c1-8-12-10(6-7-13-8)9-4-2-3-5-11(9)14-12;;/h2-7,14H,1H3;1H;1H2. The minimum absolute atomic E-state index is 0. The van der Waals surface area contributed by atoms with Crippen molar-refractivity contribution in [2.75, 3.05) is 0 Å². The Bertz CT molecular complexity index is 619. The molecule has 0 saturated carbocycles. The van der Waals surface area contributed by atoms with Crippen molar-refractivity contribution < 1.29 is 5.48 Å². The predicted molar refractivity (Wildman–Crippen MR) is 69.2 cm³/mol. The van der Waals surface area contributed by atoms with E-state index in [2.05, 4.69) is 34.2 Å². The molecule has 3 nitrogen and oxygen atoms in total. The number of halogens is 1. The van der Waals surface area contributed by atoms with Crippen LogP contribution in [0.2, 0.25) is 0 Å². The van der Waals surface area contributed by atoms with Crippen molar-refractivity contribution in [1.29, 1.82) is 0 Å². The number of aromatic amines is 1. The van der Waals surface area contributed by atoms with E-state index >= 15 is 0 Å². The summed E-state index contributed by atoms with van der Waals surface area (Å²) in [5.41, 5.74) is 3.38. The number of aryl methyl sites for hydroxylation is 1. The first kappa shape index (κ1) is 12.5. The molecule has 0 spiro atoms. The Labute approximate surface area is 99.2 Å². The summed E-state index contributed by atoms with van der Waals surface area (Å²) in [5.74, 6) is 0. The van der Waals surface area contributed by atoms with E-state index in [0.29, 0.717) is 0 Å². The zero-order valence-electron chi connectivity index (χ0n) is 8.82. The van der Waals surface area contributed by atoms with Crippen LogP contribution in [0.1, 0.15) is 5.69 Å². The Morgan fingerprint density at radius 1 is 1.06 bits per heavy atom. The number of aromatic nitrogens is 2. The van der Waals surface area contributed by atoms with Gasteiger partial charge in [0.25, 0.3) is 0 Å². The minimum atomic E-state index is 0. The van der Waals surface area contributed by atoms with Crippen LogP contribution in [0.5, 0.6) is 0 Å². The maximum atomic E-state index is 4.27. The average molecular weight is 237 g/mol. The minimum Gasteiger partial charge on any atom is -0.412 e. The second-order valence-electron chi connectivity index (χ2n) is 3.49. The highest BCUT2D eigenvalue weighted by atomic mass is 35.5. The summed E-state index contributed by atoms with van der Waals surface area (Å²) in [6, 6.07) is 10.4. The summed E-state index contributed by atoms with van der Waals surface area (Å²) in [6.45, 7) is 2.03. The maximum Gasteiger partial charge on any atom is 0.0681 e. The van der Waals surface area contributed by atoms with Crippen LogP contribution in [-0.4, -0.2) is 15.4 Å². The van der Waals surface area contributed by atoms with Gasteiger partial charge in [-0.25, -0.2) is 0 Å². The van der Waals surface area contributed by atoms with E-state index in [-0.39, 0.29) is 17.9 Å². The first-order valence-electron chi connectivity index (χ1n) is 4.68. The summed E-state index contributed by atoms with van der Waals surface area (Å²) < 4.78 is 0. The van der Waals surface area contributed by atoms with Crippen molar-refractivity contribution in [3.05, 3.63) is 42.2 Å². The van der Waals surface area contributed by atoms with Gasteiger partial charge in [-0.15, -0.1) is 12.4 Å². The highest BCUT2D eigenvalue weighted by Gasteiger charge is 2.04. The quantitative estimate of drug-likeness (QED) is 0.641. The molecule has 84 valence electrons. The van der Waals surface area contributed by atoms with Crippen molar-refractivity contribution in [2.45, 2.75) is 6.92 Å². The molecule has 0 aliphatic carbocycles. The van der Waals surface area contributed by atoms with Gasteiger partial charge >= 0.3 is 0 Å². The zero-order chi connectivity index (χ0) is 9.54. The molecular weight excluding hydrogens is 224 g/mol. The van der Waals surface area contributed by atoms with Crippen molar-refractivity contribution in [3.63, 3.8) is 0 Å². The molecule has 0 saturated heterocycles. The van der Waals surface area contributed by atoms with Gasteiger partial charge in [-0.1, -0.05) is 18.2 Å². The SMILES string of the molecule is Cc1nccc2c1[nH]c1ccccc12.Cl.O. The summed E-state index contributed by atoms with van der Waals surface area (Å²) in [6.07, 6.45) is 1.86. The number of para-hydroxylation sites is 1. The van der Waals surface area contributed by atoms with Crippen LogP contribution in [0.4, 0.5) is 0 Å². The highest BCUT2D eigenvalue weighted by Crippen LogP contribution is 2.25. The van der Waals surface area contributed by atoms with Gasteiger partial charge in [0, 0.05) is 22.5 Å². The molecule has 16 heavy (non-hydrogen) atoms. The number of nitrogens with zero attached hydrogens (tertiary/aromatic N) is 1. The van der Waals surface area contributed by atoms with Crippen LogP contribution in [0, 0.1) is 6.92 Å². The van der Waals surface area contributed by atoms with Crippen LogP contribution in [0.3, 0.4) is 0 Å². The number of hydrogen-bond acceptors (Lipinski definition) is 1. The first-order chi connectivity index (χ1) is 6.86. The molecule has 0 radical (unpaired) electrons. The highest BCUT2D eigenvalue weighted by molar-refractivity contribution is 6.07. The predicted octanol–water partition coefficient (Wildman–Crippen LogP) is 2.62. The lowest BCUT2D eigenvalue weighted by molar-refractivity contribution is 0.824. The molecule has 0 amide bonds. The Kier molecular flexibility index (Phi) is 3.52. The van der Waals surface area contributed by atoms with E-state index < -0.39 is 0 Å². The lowest BCUT2D eigenvalue weighted by Crippen LogP contribution is -1.79. The number of nitrogens with one attached hydrogen (secondary N) is 1. The van der Waals surface area contributed by atoms with E-state index in [1.54, 1.807) is 0 Å². The fourth-order valence-corrected chi connectivity index (χ4v) is 1.91. The van der Waals surface area contributed by atoms with E-state index in [1.165, 1.54) is 16.3 Å². The smallest absolute Gasteiger partial charge is 0.0681 e. The third-order valence-corrected chi connectivity index (χ3v) is 2.62. The second-order valence-corrected chi connectivity index (χ2v) is 3.49. The van der Waals surface area contributed by atoms with Gasteiger partial charge in [-0.05, 0) is 19.1 Å². The monoisotopic (exact) mass is 236 g/mol. The topological polar surface area (TPSA) is 60.2 Å². The van der Waals surface area contributed by atoms with Gasteiger partial charge in [0.1, 0.15) is 0 Å². The van der Waals surface area contributed by atoms with Crippen molar-refractivity contribution in [3.8, 4) is 0 Å². The molecule has 1 aromatic carbocycles. The van der Waals surface area contributed by atoms with Gasteiger partial charge in [0.05, 0.1) is 11.2 Å². The van der Waals surface area contributed by atoms with Crippen LogP contribution >= 0.6 is 12.4 Å². The number of hydrogen-bond donors (Lipinski definition) is 1. The molecule has 0 unspecified atom stereocenters. The third-order valence-electron chi connectivity index (χ3n) is 2.62. The Morgan fingerprint density at radius 2 is 1.81 bits per heavy atom. The Hall–Kier alpha value is -1.58. The Balaban J connectivity index is 0.000000640. The van der Waals surface area contributed by atoms with Crippen LogP contribution in [0.25, 0.3) is 21.8 Å². The summed E-state index contributed by atoms with van der Waals surface area (Å²) >= 11 is 0. The van der Waals surface area contributed by atoms with E-state index in [9.17, 15) is 0 Å². The van der Waals surface area contributed by atoms with Crippen LogP contribution in [0.15, 0.2) is 36.5 Å². The lowest BCUT2D eigenvalue weighted by Gasteiger charge is -1.92. The van der Waals surface area contributed by atoms with Crippen LogP contribution in [-0.2, 0) is 0 Å². The fourth-order valence-electron chi connectivity index (χ4n) is 1.91. The van der Waals surface area contributed by atoms with Gasteiger partial charge in [0.2, 0.25) is 0 Å². The summed E-state index contributed by atoms with van der Waals surface area (Å²) in [7, 11) is 0. The molecule has 3 N–H and O–H groups in total. The van der Waals surface area contributed by atoms with Crippen molar-refractivity contribution >= 4 is 34.2 Å². The number of rotatable bonds is 0. The average Bonchev–Trinajstić information content (AvgIpc) is 2.59. The molecule has 0 bridgehead atoms. The number of fused-ring (bicyclic) bond motifs is 3. The molecule has 0 aliphatic heterocycles. The van der Waals surface area contributed by atoms with Gasteiger partial charge < -0.3 is 10.5 Å². The van der Waals surface area contributed by atoms with Gasteiger partial charge in [0.15, 0.2) is 0 Å². The number of pyridine rings is 1.